The zero-order valence-electron chi connectivity index (χ0n) is 26.8. The molecule has 0 saturated heterocycles. The van der Waals surface area contributed by atoms with Gasteiger partial charge in [-0.25, -0.2) is 0 Å². The topological polar surface area (TPSA) is 0 Å². The second-order valence-corrected chi connectivity index (χ2v) is 14.7. The number of allylic oxidation sites excluding steroid dienone is 1. The van der Waals surface area contributed by atoms with E-state index < -0.39 is 0 Å². The summed E-state index contributed by atoms with van der Waals surface area (Å²) in [6.07, 6.45) is 4.59. The van der Waals surface area contributed by atoms with Crippen molar-refractivity contribution in [3.8, 4) is 11.1 Å². The highest BCUT2D eigenvalue weighted by Crippen LogP contribution is 2.43. The van der Waals surface area contributed by atoms with Crippen LogP contribution >= 0.6 is 11.3 Å². The zero-order valence-corrected chi connectivity index (χ0v) is 27.7. The number of benzene rings is 9. The fourth-order valence-electron chi connectivity index (χ4n) is 8.40. The predicted octanol–water partition coefficient (Wildman–Crippen LogP) is 14.0. The van der Waals surface area contributed by atoms with Crippen molar-refractivity contribution in [1.82, 2.24) is 0 Å². The Labute approximate surface area is 288 Å². The zero-order chi connectivity index (χ0) is 32.1. The van der Waals surface area contributed by atoms with Crippen molar-refractivity contribution < 1.29 is 0 Å². The Hall–Kier alpha value is -5.76. The highest BCUT2D eigenvalue weighted by Gasteiger charge is 2.17. The van der Waals surface area contributed by atoms with Crippen LogP contribution in [-0.2, 0) is 6.42 Å². The van der Waals surface area contributed by atoms with Gasteiger partial charge in [0.2, 0.25) is 0 Å². The van der Waals surface area contributed by atoms with Gasteiger partial charge in [-0.2, -0.15) is 0 Å². The van der Waals surface area contributed by atoms with Gasteiger partial charge < -0.3 is 0 Å². The van der Waals surface area contributed by atoms with E-state index in [9.17, 15) is 0 Å². The van der Waals surface area contributed by atoms with Crippen molar-refractivity contribution in [2.75, 3.05) is 0 Å². The van der Waals surface area contributed by atoms with Crippen LogP contribution in [0.4, 0.5) is 0 Å². The minimum atomic E-state index is 1.05. The van der Waals surface area contributed by atoms with Crippen LogP contribution < -0.4 is 0 Å². The summed E-state index contributed by atoms with van der Waals surface area (Å²) >= 11 is 1.93. The largest absolute Gasteiger partial charge is 0.135 e. The predicted molar refractivity (Wildman–Crippen MR) is 215 cm³/mol. The SMILES string of the molecule is C1=C(c2ccc3ccc4ccc5c6ccccc6sc5c4c3c2)CCc2ccc3c(ccc4ccc(-c5ccc6ccccc6c5)cc43)c21. The van der Waals surface area contributed by atoms with Crippen molar-refractivity contribution >= 4 is 97.0 Å². The molecule has 0 fully saturated rings. The summed E-state index contributed by atoms with van der Waals surface area (Å²) in [6, 6.07) is 56.9. The number of thiophene rings is 1. The molecule has 10 aromatic rings. The summed E-state index contributed by atoms with van der Waals surface area (Å²) in [4.78, 5) is 0. The summed E-state index contributed by atoms with van der Waals surface area (Å²) in [5, 5.41) is 15.9. The van der Waals surface area contributed by atoms with Crippen LogP contribution in [0.5, 0.6) is 0 Å². The Bertz CT molecular complexity index is 3040. The lowest BCUT2D eigenvalue weighted by atomic mass is 9.84. The standard InChI is InChI=1S/C48H30S/c1-2-6-34-25-35(15-9-29(34)5-1)36-16-11-30-19-23-40-39(43(30)26-36)22-20-31-12-17-37(27-44(31)40)38-18-13-32-10-14-33-21-24-42-41-7-3-4-8-46(41)49-48(42)47(33)45(32)28-38/h1-11,13-16,18-28H,12,17H2. The van der Waals surface area contributed by atoms with Gasteiger partial charge in [-0.3, -0.25) is 0 Å². The molecule has 0 atom stereocenters. The maximum absolute atomic E-state index is 2.49. The van der Waals surface area contributed by atoms with Crippen LogP contribution in [-0.4, -0.2) is 0 Å². The Morgan fingerprint density at radius 1 is 0.388 bits per heavy atom. The molecular weight excluding hydrogens is 609 g/mol. The first-order valence-electron chi connectivity index (χ1n) is 17.2. The van der Waals surface area contributed by atoms with E-state index in [-0.39, 0.29) is 0 Å². The Balaban J connectivity index is 1.07. The van der Waals surface area contributed by atoms with E-state index >= 15 is 0 Å². The maximum Gasteiger partial charge on any atom is 0.0440 e. The average Bonchev–Trinajstić information content (AvgIpc) is 3.55. The lowest BCUT2D eigenvalue weighted by Gasteiger charge is -2.20. The molecule has 0 nitrogen and oxygen atoms in total. The lowest BCUT2D eigenvalue weighted by Crippen LogP contribution is -2.00. The van der Waals surface area contributed by atoms with Crippen molar-refractivity contribution in [1.29, 1.82) is 0 Å². The summed E-state index contributed by atoms with van der Waals surface area (Å²) in [5.41, 5.74) is 8.10. The van der Waals surface area contributed by atoms with Crippen molar-refractivity contribution in [3.05, 3.63) is 168 Å². The number of hydrogen-bond donors (Lipinski definition) is 0. The molecule has 0 amide bonds. The third-order valence-electron chi connectivity index (χ3n) is 10.9. The molecule has 1 aliphatic rings. The molecule has 0 saturated carbocycles. The van der Waals surface area contributed by atoms with E-state index in [1.165, 1.54) is 107 Å². The molecule has 11 rings (SSSR count). The molecule has 1 aliphatic carbocycles. The second kappa shape index (κ2) is 10.4. The number of aryl methyl sites for hydroxylation is 1. The fraction of sp³-hybridized carbons (Fsp3) is 0.0417. The van der Waals surface area contributed by atoms with Crippen LogP contribution in [0.3, 0.4) is 0 Å². The number of hydrogen-bond acceptors (Lipinski definition) is 1. The molecule has 0 unspecified atom stereocenters. The van der Waals surface area contributed by atoms with E-state index in [1.807, 2.05) is 11.3 Å². The van der Waals surface area contributed by atoms with Crippen molar-refractivity contribution in [3.63, 3.8) is 0 Å². The van der Waals surface area contributed by atoms with E-state index in [2.05, 4.69) is 158 Å². The van der Waals surface area contributed by atoms with Crippen molar-refractivity contribution in [2.24, 2.45) is 0 Å². The quantitative estimate of drug-likeness (QED) is 0.165. The Morgan fingerprint density at radius 2 is 1.04 bits per heavy atom. The Kier molecular flexibility index (Phi) is 5.76. The monoisotopic (exact) mass is 638 g/mol. The van der Waals surface area contributed by atoms with Gasteiger partial charge in [-0.05, 0) is 119 Å². The molecule has 1 heterocycles. The number of fused-ring (bicyclic) bond motifs is 13. The molecule has 0 N–H and O–H groups in total. The van der Waals surface area contributed by atoms with E-state index in [0.717, 1.165) is 12.8 Å². The third kappa shape index (κ3) is 4.16. The van der Waals surface area contributed by atoms with Crippen molar-refractivity contribution in [2.45, 2.75) is 12.8 Å². The van der Waals surface area contributed by atoms with Gasteiger partial charge in [-0.1, -0.05) is 133 Å². The van der Waals surface area contributed by atoms with Crippen LogP contribution in [0.25, 0.3) is 96.8 Å². The summed E-state index contributed by atoms with van der Waals surface area (Å²) in [5.74, 6) is 0. The van der Waals surface area contributed by atoms with Gasteiger partial charge in [0.15, 0.2) is 0 Å². The van der Waals surface area contributed by atoms with Gasteiger partial charge in [0, 0.05) is 25.6 Å². The van der Waals surface area contributed by atoms with Gasteiger partial charge in [0.1, 0.15) is 0 Å². The molecule has 1 heteroatoms. The highest BCUT2D eigenvalue weighted by molar-refractivity contribution is 7.26. The maximum atomic E-state index is 2.49. The lowest BCUT2D eigenvalue weighted by molar-refractivity contribution is 1.01. The van der Waals surface area contributed by atoms with Crippen LogP contribution in [0.2, 0.25) is 0 Å². The van der Waals surface area contributed by atoms with Crippen LogP contribution in [0.15, 0.2) is 152 Å². The minimum Gasteiger partial charge on any atom is -0.135 e. The second-order valence-electron chi connectivity index (χ2n) is 13.6. The normalized spacial score (nSPS) is 13.3. The molecule has 0 bridgehead atoms. The van der Waals surface area contributed by atoms with Gasteiger partial charge in [-0.15, -0.1) is 11.3 Å². The van der Waals surface area contributed by atoms with Gasteiger partial charge in [0.05, 0.1) is 0 Å². The summed E-state index contributed by atoms with van der Waals surface area (Å²) < 4.78 is 2.75. The molecule has 228 valence electrons. The van der Waals surface area contributed by atoms with E-state index in [1.54, 1.807) is 0 Å². The number of rotatable bonds is 2. The molecule has 9 aromatic carbocycles. The average molecular weight is 639 g/mol. The molecule has 0 spiro atoms. The fourth-order valence-corrected chi connectivity index (χ4v) is 9.67. The van der Waals surface area contributed by atoms with Gasteiger partial charge >= 0.3 is 0 Å². The smallest absolute Gasteiger partial charge is 0.0440 e. The summed E-state index contributed by atoms with van der Waals surface area (Å²) in [6.45, 7) is 0. The minimum absolute atomic E-state index is 1.05. The molecule has 0 radical (unpaired) electrons. The van der Waals surface area contributed by atoms with Crippen LogP contribution in [0.1, 0.15) is 23.1 Å². The van der Waals surface area contributed by atoms with E-state index in [0.29, 0.717) is 0 Å². The van der Waals surface area contributed by atoms with Crippen LogP contribution in [0, 0.1) is 0 Å². The first-order valence-corrected chi connectivity index (χ1v) is 18.0. The molecule has 49 heavy (non-hydrogen) atoms. The first-order chi connectivity index (χ1) is 24.2. The molecule has 1 aromatic heterocycles. The van der Waals surface area contributed by atoms with E-state index in [4.69, 9.17) is 0 Å². The molecular formula is C48H30S. The summed E-state index contributed by atoms with van der Waals surface area (Å²) in [7, 11) is 0. The first kappa shape index (κ1) is 27.2. The van der Waals surface area contributed by atoms with Gasteiger partial charge in [0.25, 0.3) is 0 Å². The molecule has 0 aliphatic heterocycles. The Morgan fingerprint density at radius 3 is 1.98 bits per heavy atom. The highest BCUT2D eigenvalue weighted by atomic mass is 32.1. The third-order valence-corrected chi connectivity index (χ3v) is 12.1.